The first-order valence-electron chi connectivity index (χ1n) is 20.1. The third-order valence-corrected chi connectivity index (χ3v) is 14.8. The van der Waals surface area contributed by atoms with Crippen molar-refractivity contribution >= 4 is 23.1 Å². The van der Waals surface area contributed by atoms with Gasteiger partial charge in [-0.05, 0) is 110 Å². The predicted molar refractivity (Wildman–Crippen MR) is 240 cm³/mol. The van der Waals surface area contributed by atoms with Crippen molar-refractivity contribution in [3.05, 3.63) is 163 Å². The summed E-state index contributed by atoms with van der Waals surface area (Å²) in [5.74, 6) is 2.70. The maximum Gasteiger partial charge on any atom is 0.193 e. The van der Waals surface area contributed by atoms with Crippen molar-refractivity contribution in [3.63, 3.8) is 0 Å². The van der Waals surface area contributed by atoms with E-state index in [0.717, 1.165) is 84.2 Å². The van der Waals surface area contributed by atoms with Crippen LogP contribution >= 0.6 is 7.14 Å². The van der Waals surface area contributed by atoms with Gasteiger partial charge in [-0.2, -0.15) is 0 Å². The molecule has 62 heavy (non-hydrogen) atoms. The van der Waals surface area contributed by atoms with Gasteiger partial charge in [-0.25, -0.2) is 0 Å². The molecule has 0 N–H and O–H groups in total. The van der Waals surface area contributed by atoms with Crippen LogP contribution in [-0.4, -0.2) is 29.9 Å². The number of hydrogen-bond donors (Lipinski definition) is 0. The van der Waals surface area contributed by atoms with Crippen LogP contribution in [-0.2, 0) is 4.57 Å². The van der Waals surface area contributed by atoms with Crippen LogP contribution in [0.1, 0.15) is 16.7 Å². The van der Waals surface area contributed by atoms with Gasteiger partial charge in [-0.15, -0.1) is 0 Å². The van der Waals surface area contributed by atoms with E-state index in [4.69, 9.17) is 29.2 Å². The largest absolute Gasteiger partial charge is 0.455 e. The number of hydrogen-bond acceptors (Lipinski definition) is 10. The highest BCUT2D eigenvalue weighted by Gasteiger charge is 2.54. The molecule has 10 nitrogen and oxygen atoms in total. The van der Waals surface area contributed by atoms with Gasteiger partial charge in [0.25, 0.3) is 0 Å². The maximum absolute atomic E-state index is 16.8. The molecule has 296 valence electrons. The lowest BCUT2D eigenvalue weighted by atomic mass is 10.0. The molecular weight excluding hydrogens is 792 g/mol. The minimum Gasteiger partial charge on any atom is -0.455 e. The first-order chi connectivity index (χ1) is 30.3. The molecule has 0 saturated carbocycles. The molecular formula is C51H33N6O4P. The molecule has 0 aliphatic carbocycles. The number of nitrogens with zero attached hydrogens (tertiary/aromatic N) is 6. The third kappa shape index (κ3) is 5.53. The van der Waals surface area contributed by atoms with E-state index in [2.05, 4.69) is 15.0 Å². The molecule has 12 rings (SSSR count). The van der Waals surface area contributed by atoms with Crippen molar-refractivity contribution in [1.82, 2.24) is 29.9 Å². The van der Waals surface area contributed by atoms with Crippen LogP contribution in [0, 0.1) is 20.8 Å². The molecule has 0 fully saturated rings. The Morgan fingerprint density at radius 2 is 0.613 bits per heavy atom. The third-order valence-electron chi connectivity index (χ3n) is 11.6. The van der Waals surface area contributed by atoms with Gasteiger partial charge in [-0.3, -0.25) is 29.9 Å². The Hall–Kier alpha value is -7.81. The summed E-state index contributed by atoms with van der Waals surface area (Å²) in [6.45, 7) is 6.01. The minimum absolute atomic E-state index is 0.445. The van der Waals surface area contributed by atoms with E-state index in [9.17, 15) is 0 Å². The Balaban J connectivity index is 1.02. The molecule has 6 aromatic heterocycles. The van der Waals surface area contributed by atoms with E-state index < -0.39 is 7.14 Å². The standard InChI is InChI=1S/C51H33N6O4P/c1-28-4-13-37(52-22-28)40-16-7-31(25-55-40)34-10-19-43-49-46(34)59-44-20-11-35(32-8-17-41(56-26-32)38-14-5-29(2)23-53-38)47-50(44)62(49,58)51-45(61-47)21-12-36(48(51)60-43)33-9-18-42(57-27-33)39-15-6-30(3)24-54-39/h4-27H,1-3H3. The van der Waals surface area contributed by atoms with Crippen LogP contribution in [0.25, 0.3) is 67.5 Å². The second kappa shape index (κ2) is 13.6. The Morgan fingerprint density at radius 1 is 0.339 bits per heavy atom. The van der Waals surface area contributed by atoms with E-state index in [0.29, 0.717) is 50.4 Å². The van der Waals surface area contributed by atoms with E-state index in [-0.39, 0.29) is 0 Å². The second-order valence-corrected chi connectivity index (χ2v) is 18.3. The van der Waals surface area contributed by atoms with E-state index in [1.165, 1.54) is 0 Å². The Kier molecular flexibility index (Phi) is 7.92. The highest BCUT2D eigenvalue weighted by Crippen LogP contribution is 2.66. The van der Waals surface area contributed by atoms with Gasteiger partial charge < -0.3 is 18.8 Å². The average Bonchev–Trinajstić information content (AvgIpc) is 3.30. The lowest BCUT2D eigenvalue weighted by molar-refractivity contribution is 0.442. The molecule has 0 radical (unpaired) electrons. The van der Waals surface area contributed by atoms with Crippen LogP contribution in [0.3, 0.4) is 0 Å². The van der Waals surface area contributed by atoms with Gasteiger partial charge in [0.1, 0.15) is 50.4 Å². The van der Waals surface area contributed by atoms with Crippen molar-refractivity contribution in [1.29, 1.82) is 0 Å². The molecule has 0 amide bonds. The SMILES string of the molecule is Cc1ccc(-c2ccc(-c3ccc4c5c3Oc3ccc(-c6ccc(-c7ccc(C)cn7)nc6)c6c3P5(=O)c3c(ccc(-c5ccc(-c7ccc(C)cn7)nc5)c3O4)O6)cn2)nc1. The van der Waals surface area contributed by atoms with E-state index >= 15 is 4.57 Å². The zero-order valence-corrected chi connectivity index (χ0v) is 34.5. The van der Waals surface area contributed by atoms with Gasteiger partial charge in [0.05, 0.1) is 34.2 Å². The van der Waals surface area contributed by atoms with Gasteiger partial charge in [-0.1, -0.05) is 36.4 Å². The molecule has 11 heteroatoms. The normalized spacial score (nSPS) is 13.3. The summed E-state index contributed by atoms with van der Waals surface area (Å²) in [5.41, 5.74) is 12.3. The van der Waals surface area contributed by atoms with Crippen LogP contribution in [0.5, 0.6) is 34.5 Å². The summed E-state index contributed by atoms with van der Waals surface area (Å²) in [5, 5.41) is 1.45. The summed E-state index contributed by atoms with van der Waals surface area (Å²) in [6.07, 6.45) is 10.9. The molecule has 0 bridgehead atoms. The van der Waals surface area contributed by atoms with Crippen LogP contribution in [0.15, 0.2) is 146 Å². The number of aryl methyl sites for hydroxylation is 3. The number of pyridine rings is 6. The molecule has 9 heterocycles. The number of ether oxygens (including phenoxy) is 3. The smallest absolute Gasteiger partial charge is 0.193 e. The van der Waals surface area contributed by atoms with Crippen molar-refractivity contribution in [3.8, 4) is 102 Å². The quantitative estimate of drug-likeness (QED) is 0.150. The van der Waals surface area contributed by atoms with E-state index in [1.54, 1.807) is 18.6 Å². The molecule has 3 aromatic carbocycles. The zero-order valence-electron chi connectivity index (χ0n) is 33.6. The lowest BCUT2D eigenvalue weighted by Crippen LogP contribution is -2.39. The fourth-order valence-electron chi connectivity index (χ4n) is 8.43. The first-order valence-corrected chi connectivity index (χ1v) is 21.9. The molecule has 3 aliphatic heterocycles. The van der Waals surface area contributed by atoms with Gasteiger partial charge >= 0.3 is 0 Å². The van der Waals surface area contributed by atoms with Crippen molar-refractivity contribution < 1.29 is 18.8 Å². The molecule has 3 aliphatic rings. The predicted octanol–water partition coefficient (Wildman–Crippen LogP) is 10.9. The molecule has 0 saturated heterocycles. The Bertz CT molecular complexity index is 2980. The van der Waals surface area contributed by atoms with Gasteiger partial charge in [0.2, 0.25) is 0 Å². The van der Waals surface area contributed by atoms with Gasteiger partial charge in [0, 0.05) is 70.6 Å². The highest BCUT2D eigenvalue weighted by atomic mass is 31.2. The number of benzene rings is 3. The van der Waals surface area contributed by atoms with Crippen LogP contribution in [0.2, 0.25) is 0 Å². The Morgan fingerprint density at radius 3 is 0.855 bits per heavy atom. The van der Waals surface area contributed by atoms with Crippen molar-refractivity contribution in [2.24, 2.45) is 0 Å². The van der Waals surface area contributed by atoms with E-state index in [1.807, 2.05) is 149 Å². The summed E-state index contributed by atoms with van der Waals surface area (Å²) in [7, 11) is -3.78. The zero-order chi connectivity index (χ0) is 41.7. The molecule has 0 atom stereocenters. The summed E-state index contributed by atoms with van der Waals surface area (Å²) in [4.78, 5) is 28.1. The monoisotopic (exact) mass is 824 g/mol. The minimum atomic E-state index is -3.78. The number of rotatable bonds is 6. The van der Waals surface area contributed by atoms with Gasteiger partial charge in [0.15, 0.2) is 7.14 Å². The fraction of sp³-hybridized carbons (Fsp3) is 0.0588. The number of aromatic nitrogens is 6. The lowest BCUT2D eigenvalue weighted by Gasteiger charge is -2.40. The van der Waals surface area contributed by atoms with Crippen LogP contribution < -0.4 is 30.1 Å². The van der Waals surface area contributed by atoms with Crippen molar-refractivity contribution in [2.45, 2.75) is 20.8 Å². The Labute approximate surface area is 356 Å². The topological polar surface area (TPSA) is 122 Å². The molecule has 0 unspecified atom stereocenters. The average molecular weight is 825 g/mol. The maximum atomic E-state index is 16.8. The molecule has 9 aromatic rings. The fourth-order valence-corrected chi connectivity index (χ4v) is 11.7. The second-order valence-electron chi connectivity index (χ2n) is 15.7. The van der Waals surface area contributed by atoms with Crippen molar-refractivity contribution in [2.75, 3.05) is 0 Å². The first kappa shape index (κ1) is 36.1. The highest BCUT2D eigenvalue weighted by molar-refractivity contribution is 7.86. The van der Waals surface area contributed by atoms with Crippen LogP contribution in [0.4, 0.5) is 0 Å². The molecule has 0 spiro atoms. The summed E-state index contributed by atoms with van der Waals surface area (Å²) >= 11 is 0. The summed E-state index contributed by atoms with van der Waals surface area (Å²) < 4.78 is 37.5. The summed E-state index contributed by atoms with van der Waals surface area (Å²) in [6, 6.07) is 35.2.